The van der Waals surface area contributed by atoms with Crippen molar-refractivity contribution in [1.29, 1.82) is 0 Å². The zero-order chi connectivity index (χ0) is 18.3. The molecule has 6 unspecified atom stereocenters. The van der Waals surface area contributed by atoms with E-state index in [1.165, 1.54) is 0 Å². The van der Waals surface area contributed by atoms with Crippen LogP contribution in [0, 0.1) is 11.8 Å². The van der Waals surface area contributed by atoms with E-state index in [2.05, 4.69) is 8.92 Å². The van der Waals surface area contributed by atoms with Crippen LogP contribution in [0.3, 0.4) is 0 Å². The van der Waals surface area contributed by atoms with Crippen molar-refractivity contribution in [2.75, 3.05) is 0 Å². The van der Waals surface area contributed by atoms with Crippen LogP contribution in [0.5, 0.6) is 0 Å². The maximum Gasteiger partial charge on any atom is 0.421 e. The van der Waals surface area contributed by atoms with Crippen molar-refractivity contribution in [2.24, 2.45) is 11.8 Å². The summed E-state index contributed by atoms with van der Waals surface area (Å²) in [5.74, 6) is -1.51. The molecule has 14 heteroatoms. The Morgan fingerprint density at radius 3 is 2.25 bits per heavy atom. The maximum absolute atomic E-state index is 13.5. The standard InChI is InChI=1S/C10H11F5O7S2/c11-9(12,13)8(10(14,15)24(18,19)20)21-6-3-1-4-5(2-3)23(16,17)22-7(4)6/h3-8H,1-2H2,(H,18,19,20)/p-1. The third-order valence-corrected chi connectivity index (χ3v) is 7.30. The molecule has 3 rings (SSSR count). The molecule has 0 aromatic heterocycles. The molecule has 1 aliphatic heterocycles. The van der Waals surface area contributed by atoms with Crippen LogP contribution in [0.25, 0.3) is 0 Å². The van der Waals surface area contributed by atoms with Gasteiger partial charge in [-0.15, -0.1) is 0 Å². The monoisotopic (exact) mass is 401 g/mol. The highest BCUT2D eigenvalue weighted by molar-refractivity contribution is 7.87. The molecule has 2 aliphatic carbocycles. The summed E-state index contributed by atoms with van der Waals surface area (Å²) in [6.07, 6.45) is -13.2. The molecular formula is C10H10F5O7S2-. The number of fused-ring (bicyclic) bond motifs is 1. The smallest absolute Gasteiger partial charge is 0.421 e. The van der Waals surface area contributed by atoms with E-state index in [4.69, 9.17) is 0 Å². The van der Waals surface area contributed by atoms with Gasteiger partial charge in [-0.2, -0.15) is 30.4 Å². The van der Waals surface area contributed by atoms with Crippen LogP contribution in [0.4, 0.5) is 22.0 Å². The number of hydrogen-bond acceptors (Lipinski definition) is 7. The zero-order valence-electron chi connectivity index (χ0n) is 11.4. The zero-order valence-corrected chi connectivity index (χ0v) is 13.1. The summed E-state index contributed by atoms with van der Waals surface area (Å²) < 4.78 is 129. The van der Waals surface area contributed by atoms with Gasteiger partial charge in [0.25, 0.3) is 10.1 Å². The highest BCUT2D eigenvalue weighted by atomic mass is 32.2. The normalized spacial score (nSPS) is 39.3. The van der Waals surface area contributed by atoms with Gasteiger partial charge in [0, 0.05) is 5.92 Å². The molecule has 140 valence electrons. The second-order valence-corrected chi connectivity index (χ2v) is 9.26. The topological polar surface area (TPSA) is 110 Å². The number of alkyl halides is 5. The van der Waals surface area contributed by atoms with Gasteiger partial charge in [0.2, 0.25) is 6.10 Å². The molecule has 7 nitrogen and oxygen atoms in total. The minimum absolute atomic E-state index is 0.0967. The molecule has 3 fully saturated rings. The summed E-state index contributed by atoms with van der Waals surface area (Å²) in [5.41, 5.74) is 0. The fourth-order valence-corrected chi connectivity index (χ4v) is 6.04. The molecule has 3 aliphatic rings. The third-order valence-electron chi connectivity index (χ3n) is 4.64. The quantitative estimate of drug-likeness (QED) is 0.385. The molecule has 0 amide bonds. The Morgan fingerprint density at radius 2 is 1.75 bits per heavy atom. The van der Waals surface area contributed by atoms with Crippen molar-refractivity contribution in [3.63, 3.8) is 0 Å². The van der Waals surface area contributed by atoms with Gasteiger partial charge in [0.1, 0.15) is 6.10 Å². The minimum atomic E-state index is -6.66. The van der Waals surface area contributed by atoms with Crippen LogP contribution < -0.4 is 0 Å². The van der Waals surface area contributed by atoms with Gasteiger partial charge < -0.3 is 9.29 Å². The lowest BCUT2D eigenvalue weighted by atomic mass is 9.94. The highest BCUT2D eigenvalue weighted by Gasteiger charge is 2.68. The molecule has 0 aromatic rings. The van der Waals surface area contributed by atoms with E-state index in [0.29, 0.717) is 0 Å². The fourth-order valence-electron chi connectivity index (χ4n) is 3.70. The first-order valence-corrected chi connectivity index (χ1v) is 9.52. The van der Waals surface area contributed by atoms with Gasteiger partial charge in [-0.1, -0.05) is 0 Å². The molecule has 2 bridgehead atoms. The van der Waals surface area contributed by atoms with Gasteiger partial charge in [-0.25, -0.2) is 8.42 Å². The summed E-state index contributed by atoms with van der Waals surface area (Å²) >= 11 is 0. The van der Waals surface area contributed by atoms with Crippen molar-refractivity contribution < 1.29 is 52.3 Å². The van der Waals surface area contributed by atoms with Crippen LogP contribution in [0.15, 0.2) is 0 Å². The van der Waals surface area contributed by atoms with Crippen molar-refractivity contribution in [3.05, 3.63) is 0 Å². The second-order valence-electron chi connectivity index (χ2n) is 6.03. The summed E-state index contributed by atoms with van der Waals surface area (Å²) in [4.78, 5) is 0. The maximum atomic E-state index is 13.5. The lowest BCUT2D eigenvalue weighted by Crippen LogP contribution is -2.54. The highest BCUT2D eigenvalue weighted by Crippen LogP contribution is 2.56. The van der Waals surface area contributed by atoms with Gasteiger partial charge in [-0.05, 0) is 18.8 Å². The van der Waals surface area contributed by atoms with Crippen molar-refractivity contribution in [1.82, 2.24) is 0 Å². The summed E-state index contributed by atoms with van der Waals surface area (Å²) in [6, 6.07) is 0. The number of ether oxygens (including phenoxy) is 1. The Kier molecular flexibility index (Phi) is 3.79. The summed E-state index contributed by atoms with van der Waals surface area (Å²) in [5, 5.41) is -6.69. The molecule has 24 heavy (non-hydrogen) atoms. The Hall–Kier alpha value is -0.570. The molecule has 6 atom stereocenters. The molecule has 0 spiro atoms. The second kappa shape index (κ2) is 4.99. The summed E-state index contributed by atoms with van der Waals surface area (Å²) in [7, 11) is -10.7. The molecule has 2 saturated carbocycles. The molecular weight excluding hydrogens is 391 g/mol. The average molecular weight is 401 g/mol. The number of halogens is 5. The van der Waals surface area contributed by atoms with Crippen molar-refractivity contribution in [2.45, 2.75) is 47.8 Å². The minimum Gasteiger partial charge on any atom is -0.743 e. The van der Waals surface area contributed by atoms with Crippen LogP contribution in [0.2, 0.25) is 0 Å². The van der Waals surface area contributed by atoms with Gasteiger partial charge in [-0.3, -0.25) is 4.18 Å². The first-order chi connectivity index (χ1) is 10.7. The number of rotatable bonds is 4. The van der Waals surface area contributed by atoms with E-state index in [9.17, 15) is 43.3 Å². The van der Waals surface area contributed by atoms with E-state index < -0.39 is 67.1 Å². The van der Waals surface area contributed by atoms with Gasteiger partial charge >= 0.3 is 11.4 Å². The van der Waals surface area contributed by atoms with E-state index in [0.717, 1.165) is 0 Å². The van der Waals surface area contributed by atoms with Gasteiger partial charge in [0.05, 0.1) is 11.4 Å². The Balaban J connectivity index is 1.91. The third kappa shape index (κ3) is 2.53. The SMILES string of the molecule is O=S1(=O)OC2C3CC(CC31)C2OC(C(F)(F)F)C(F)(F)S(=O)(=O)[O-]. The van der Waals surface area contributed by atoms with E-state index in [-0.39, 0.29) is 12.8 Å². The van der Waals surface area contributed by atoms with Crippen molar-refractivity contribution in [3.8, 4) is 0 Å². The van der Waals surface area contributed by atoms with Crippen LogP contribution in [0.1, 0.15) is 12.8 Å². The Labute approximate surface area is 133 Å². The predicted molar refractivity (Wildman–Crippen MR) is 63.2 cm³/mol. The Morgan fingerprint density at radius 1 is 1.17 bits per heavy atom. The average Bonchev–Trinajstić information content (AvgIpc) is 2.94. The van der Waals surface area contributed by atoms with Crippen LogP contribution in [-0.4, -0.2) is 56.4 Å². The van der Waals surface area contributed by atoms with Gasteiger partial charge in [0.15, 0.2) is 10.1 Å². The Bertz CT molecular complexity index is 746. The molecule has 0 radical (unpaired) electrons. The lowest BCUT2D eigenvalue weighted by Gasteiger charge is -2.35. The largest absolute Gasteiger partial charge is 0.743 e. The first kappa shape index (κ1) is 18.2. The molecule has 1 saturated heterocycles. The van der Waals surface area contributed by atoms with Crippen LogP contribution in [-0.2, 0) is 29.2 Å². The molecule has 1 heterocycles. The lowest BCUT2D eigenvalue weighted by molar-refractivity contribution is -0.285. The first-order valence-electron chi connectivity index (χ1n) is 6.64. The summed E-state index contributed by atoms with van der Waals surface area (Å²) in [6.45, 7) is 0. The molecule has 0 N–H and O–H groups in total. The van der Waals surface area contributed by atoms with Crippen LogP contribution >= 0.6 is 0 Å². The van der Waals surface area contributed by atoms with Crippen molar-refractivity contribution >= 4 is 20.2 Å². The fraction of sp³-hybridized carbons (Fsp3) is 1.00. The van der Waals surface area contributed by atoms with E-state index in [1.54, 1.807) is 0 Å². The predicted octanol–water partition coefficient (Wildman–Crippen LogP) is 0.577. The number of hydrogen-bond donors (Lipinski definition) is 0. The molecule has 0 aromatic carbocycles. The van der Waals surface area contributed by atoms with E-state index in [1.807, 2.05) is 0 Å². The van der Waals surface area contributed by atoms with E-state index >= 15 is 0 Å².